The summed E-state index contributed by atoms with van der Waals surface area (Å²) in [6.07, 6.45) is 6.65. The Balaban J connectivity index is 1.63. The van der Waals surface area contributed by atoms with Crippen LogP contribution in [0.25, 0.3) is 5.65 Å². The van der Waals surface area contributed by atoms with Crippen molar-refractivity contribution in [2.45, 2.75) is 32.1 Å². The van der Waals surface area contributed by atoms with Gasteiger partial charge >= 0.3 is 0 Å². The maximum Gasteiger partial charge on any atom is 0.157 e. The Morgan fingerprint density at radius 3 is 2.83 bits per heavy atom. The van der Waals surface area contributed by atoms with Crippen LogP contribution in [0.5, 0.6) is 0 Å². The van der Waals surface area contributed by atoms with Crippen LogP contribution in [0.15, 0.2) is 18.3 Å². The number of hydrogen-bond donors (Lipinski definition) is 0. The van der Waals surface area contributed by atoms with E-state index in [0.717, 1.165) is 56.3 Å². The average molecular weight is 314 g/mol. The van der Waals surface area contributed by atoms with E-state index in [1.165, 1.54) is 12.8 Å². The molecule has 122 valence electrons. The van der Waals surface area contributed by atoms with Crippen molar-refractivity contribution in [2.75, 3.05) is 31.2 Å². The van der Waals surface area contributed by atoms with Crippen LogP contribution in [0.1, 0.15) is 31.4 Å². The fourth-order valence-corrected chi connectivity index (χ4v) is 3.63. The molecule has 0 unspecified atom stereocenters. The van der Waals surface area contributed by atoms with Crippen LogP contribution in [0.4, 0.5) is 5.82 Å². The maximum atomic E-state index is 12.5. The lowest BCUT2D eigenvalue weighted by Gasteiger charge is -2.29. The number of ether oxygens (including phenoxy) is 1. The minimum absolute atomic E-state index is 0.241. The number of rotatable bonds is 4. The number of morpholine rings is 1. The highest BCUT2D eigenvalue weighted by molar-refractivity contribution is 5.83. The second-order valence-electron chi connectivity index (χ2n) is 6.43. The Kier molecular flexibility index (Phi) is 3.99. The van der Waals surface area contributed by atoms with Gasteiger partial charge in [-0.05, 0) is 12.8 Å². The largest absolute Gasteiger partial charge is 0.378 e. The third-order valence-electron chi connectivity index (χ3n) is 4.89. The molecule has 0 spiro atoms. The molecule has 2 fully saturated rings. The first-order chi connectivity index (χ1) is 11.3. The van der Waals surface area contributed by atoms with E-state index in [1.54, 1.807) is 6.20 Å². The third-order valence-corrected chi connectivity index (χ3v) is 4.89. The van der Waals surface area contributed by atoms with E-state index in [2.05, 4.69) is 15.0 Å². The summed E-state index contributed by atoms with van der Waals surface area (Å²) in [5.74, 6) is 1.59. The minimum Gasteiger partial charge on any atom is -0.378 e. The van der Waals surface area contributed by atoms with Gasteiger partial charge < -0.3 is 9.64 Å². The van der Waals surface area contributed by atoms with Crippen LogP contribution in [0.3, 0.4) is 0 Å². The van der Waals surface area contributed by atoms with Crippen LogP contribution in [-0.2, 0) is 16.0 Å². The van der Waals surface area contributed by atoms with E-state index in [-0.39, 0.29) is 5.92 Å². The van der Waals surface area contributed by atoms with Gasteiger partial charge in [0.1, 0.15) is 11.6 Å². The highest BCUT2D eigenvalue weighted by atomic mass is 16.5. The monoisotopic (exact) mass is 314 g/mol. The van der Waals surface area contributed by atoms with Gasteiger partial charge in [0.05, 0.1) is 25.1 Å². The molecule has 1 saturated carbocycles. The zero-order valence-corrected chi connectivity index (χ0v) is 13.3. The highest BCUT2D eigenvalue weighted by Gasteiger charge is 2.24. The molecule has 3 heterocycles. The summed E-state index contributed by atoms with van der Waals surface area (Å²) < 4.78 is 7.29. The summed E-state index contributed by atoms with van der Waals surface area (Å²) in [6.45, 7) is 3.13. The van der Waals surface area contributed by atoms with Gasteiger partial charge in [0, 0.05) is 37.6 Å². The van der Waals surface area contributed by atoms with Crippen LogP contribution in [0, 0.1) is 5.92 Å². The second kappa shape index (κ2) is 6.28. The first-order valence-corrected chi connectivity index (χ1v) is 8.50. The van der Waals surface area contributed by atoms with Crippen molar-refractivity contribution in [1.29, 1.82) is 0 Å². The Morgan fingerprint density at radius 1 is 1.26 bits per heavy atom. The lowest BCUT2D eigenvalue weighted by Crippen LogP contribution is -2.37. The zero-order valence-electron chi connectivity index (χ0n) is 13.3. The Labute approximate surface area is 135 Å². The summed E-state index contributed by atoms with van der Waals surface area (Å²) in [7, 11) is 0. The second-order valence-corrected chi connectivity index (χ2v) is 6.43. The molecule has 4 rings (SSSR count). The molecule has 0 atom stereocenters. The lowest BCUT2D eigenvalue weighted by atomic mass is 9.99. The molecule has 1 aliphatic heterocycles. The molecule has 0 bridgehead atoms. The Morgan fingerprint density at radius 2 is 2.04 bits per heavy atom. The minimum atomic E-state index is 0.241. The molecule has 1 aliphatic carbocycles. The van der Waals surface area contributed by atoms with Gasteiger partial charge in [-0.15, -0.1) is 0 Å². The molecule has 6 heteroatoms. The molecule has 0 aromatic carbocycles. The van der Waals surface area contributed by atoms with Crippen molar-refractivity contribution < 1.29 is 9.53 Å². The standard InChI is InChI=1S/C17H22N4O2/c22-15(13-3-1-2-4-13)11-14-12-17(20-7-9-23-10-8-20)21-16(19-14)5-6-18-21/h5-6,12-13H,1-4,7-11H2. The molecular formula is C17H22N4O2. The predicted molar refractivity (Wildman–Crippen MR) is 86.7 cm³/mol. The Hall–Kier alpha value is -1.95. The van der Waals surface area contributed by atoms with E-state index in [9.17, 15) is 4.79 Å². The first kappa shape index (κ1) is 14.6. The summed E-state index contributed by atoms with van der Waals surface area (Å²) >= 11 is 0. The van der Waals surface area contributed by atoms with Crippen molar-refractivity contribution in [3.8, 4) is 0 Å². The zero-order chi connectivity index (χ0) is 15.6. The summed E-state index contributed by atoms with van der Waals surface area (Å²) in [4.78, 5) is 19.4. The van der Waals surface area contributed by atoms with Gasteiger partial charge in [-0.2, -0.15) is 9.61 Å². The van der Waals surface area contributed by atoms with Crippen molar-refractivity contribution >= 4 is 17.2 Å². The number of aromatic nitrogens is 3. The summed E-state index contributed by atoms with van der Waals surface area (Å²) in [5, 5.41) is 4.38. The lowest BCUT2D eigenvalue weighted by molar-refractivity contribution is -0.122. The first-order valence-electron chi connectivity index (χ1n) is 8.50. The fourth-order valence-electron chi connectivity index (χ4n) is 3.63. The van der Waals surface area contributed by atoms with Crippen LogP contribution < -0.4 is 4.90 Å². The van der Waals surface area contributed by atoms with Gasteiger partial charge in [0.2, 0.25) is 0 Å². The van der Waals surface area contributed by atoms with Crippen LogP contribution in [0.2, 0.25) is 0 Å². The smallest absolute Gasteiger partial charge is 0.157 e. The predicted octanol–water partition coefficient (Wildman–Crippen LogP) is 1.87. The quantitative estimate of drug-likeness (QED) is 0.862. The maximum absolute atomic E-state index is 12.5. The summed E-state index contributed by atoms with van der Waals surface area (Å²) in [5.41, 5.74) is 1.67. The molecule has 2 aliphatic rings. The van der Waals surface area contributed by atoms with Crippen molar-refractivity contribution in [3.63, 3.8) is 0 Å². The molecule has 0 N–H and O–H groups in total. The van der Waals surface area contributed by atoms with Crippen molar-refractivity contribution in [2.24, 2.45) is 5.92 Å². The number of ketones is 1. The number of Topliss-reactive ketones (excluding diaryl/α,β-unsaturated/α-hetero) is 1. The van der Waals surface area contributed by atoms with Gasteiger partial charge in [0.25, 0.3) is 0 Å². The van der Waals surface area contributed by atoms with E-state index in [0.29, 0.717) is 12.2 Å². The molecule has 1 saturated heterocycles. The van der Waals surface area contributed by atoms with Crippen LogP contribution >= 0.6 is 0 Å². The van der Waals surface area contributed by atoms with Crippen molar-refractivity contribution in [3.05, 3.63) is 24.0 Å². The number of fused-ring (bicyclic) bond motifs is 1. The molecule has 2 aromatic rings. The number of carbonyl (C=O) groups excluding carboxylic acids is 1. The molecular weight excluding hydrogens is 292 g/mol. The molecule has 2 aromatic heterocycles. The SMILES string of the molecule is O=C(Cc1cc(N2CCOCC2)n2nccc2n1)C1CCCC1. The van der Waals surface area contributed by atoms with E-state index in [4.69, 9.17) is 4.74 Å². The topological polar surface area (TPSA) is 59.7 Å². The van der Waals surface area contributed by atoms with E-state index >= 15 is 0 Å². The number of anilines is 1. The number of hydrogen-bond acceptors (Lipinski definition) is 5. The average Bonchev–Trinajstić information content (AvgIpc) is 3.26. The number of carbonyl (C=O) groups is 1. The van der Waals surface area contributed by atoms with Gasteiger partial charge in [-0.25, -0.2) is 4.98 Å². The number of nitrogens with zero attached hydrogens (tertiary/aromatic N) is 4. The van der Waals surface area contributed by atoms with E-state index < -0.39 is 0 Å². The normalized spacial score (nSPS) is 19.6. The van der Waals surface area contributed by atoms with Gasteiger partial charge in [0.15, 0.2) is 5.65 Å². The molecule has 0 radical (unpaired) electrons. The fraction of sp³-hybridized carbons (Fsp3) is 0.588. The van der Waals surface area contributed by atoms with Gasteiger partial charge in [-0.3, -0.25) is 4.79 Å². The van der Waals surface area contributed by atoms with Crippen LogP contribution in [-0.4, -0.2) is 46.7 Å². The van der Waals surface area contributed by atoms with Crippen molar-refractivity contribution in [1.82, 2.24) is 14.6 Å². The molecule has 6 nitrogen and oxygen atoms in total. The van der Waals surface area contributed by atoms with Gasteiger partial charge in [-0.1, -0.05) is 12.8 Å². The molecule has 23 heavy (non-hydrogen) atoms. The van der Waals surface area contributed by atoms with E-state index in [1.807, 2.05) is 16.6 Å². The highest BCUT2D eigenvalue weighted by Crippen LogP contribution is 2.27. The molecule has 0 amide bonds. The summed E-state index contributed by atoms with van der Waals surface area (Å²) in [6, 6.07) is 3.92. The Bertz CT molecular complexity index is 700. The third kappa shape index (κ3) is 2.95.